The summed E-state index contributed by atoms with van der Waals surface area (Å²) in [5.41, 5.74) is 8.97. The number of nitrogens with zero attached hydrogens (tertiary/aromatic N) is 1. The third kappa shape index (κ3) is 3.52. The van der Waals surface area contributed by atoms with Crippen LogP contribution in [0, 0.1) is 0 Å². The van der Waals surface area contributed by atoms with E-state index < -0.39 is 0 Å². The molecule has 0 unspecified atom stereocenters. The van der Waals surface area contributed by atoms with E-state index in [-0.39, 0.29) is 0 Å². The van der Waals surface area contributed by atoms with Gasteiger partial charge >= 0.3 is 0 Å². The number of fused-ring (bicyclic) bond motifs is 6. The molecular formula is C35H25NO2. The van der Waals surface area contributed by atoms with Gasteiger partial charge in [0.15, 0.2) is 0 Å². The first-order valence-corrected chi connectivity index (χ1v) is 12.8. The Bertz CT molecular complexity index is 1890. The number of hydrogen-bond acceptors (Lipinski definition) is 3. The minimum Gasteiger partial charge on any atom is -0.456 e. The maximum Gasteiger partial charge on any atom is 0.135 e. The van der Waals surface area contributed by atoms with Crippen molar-refractivity contribution in [3.05, 3.63) is 133 Å². The Balaban J connectivity index is 1.45. The standard InChI is InChI=1S/C35H25NO2/c1-3-23(4-2)24-13-15-25(16-14-24)36(26-17-19-34-30(21-26)28-9-5-7-11-32(28)37-34)27-18-20-35-31(22-27)29-10-6-8-12-33(29)38-35/h3-22H,1H2,2H3/b23-4+. The Kier molecular flexibility index (Phi) is 5.15. The monoisotopic (exact) mass is 491 g/mol. The smallest absolute Gasteiger partial charge is 0.135 e. The van der Waals surface area contributed by atoms with Gasteiger partial charge < -0.3 is 13.7 Å². The van der Waals surface area contributed by atoms with Gasteiger partial charge in [-0.2, -0.15) is 0 Å². The summed E-state index contributed by atoms with van der Waals surface area (Å²) >= 11 is 0. The molecule has 0 atom stereocenters. The predicted octanol–water partition coefficient (Wildman–Crippen LogP) is 10.5. The van der Waals surface area contributed by atoms with Crippen molar-refractivity contribution in [2.45, 2.75) is 6.92 Å². The number of anilines is 3. The van der Waals surface area contributed by atoms with Crippen molar-refractivity contribution >= 4 is 66.5 Å². The number of benzene rings is 5. The van der Waals surface area contributed by atoms with Gasteiger partial charge in [0, 0.05) is 38.6 Å². The number of allylic oxidation sites excluding steroid dienone is 3. The van der Waals surface area contributed by atoms with Crippen molar-refractivity contribution in [1.29, 1.82) is 0 Å². The second-order valence-corrected chi connectivity index (χ2v) is 9.39. The first-order valence-electron chi connectivity index (χ1n) is 12.8. The predicted molar refractivity (Wildman–Crippen MR) is 160 cm³/mol. The average Bonchev–Trinajstić information content (AvgIpc) is 3.52. The van der Waals surface area contributed by atoms with E-state index in [1.165, 1.54) is 0 Å². The zero-order chi connectivity index (χ0) is 25.6. The van der Waals surface area contributed by atoms with E-state index >= 15 is 0 Å². The van der Waals surface area contributed by atoms with Crippen molar-refractivity contribution in [3.8, 4) is 0 Å². The molecule has 0 bridgehead atoms. The second kappa shape index (κ2) is 8.82. The van der Waals surface area contributed by atoms with E-state index in [9.17, 15) is 0 Å². The minimum absolute atomic E-state index is 0.880. The first-order chi connectivity index (χ1) is 18.7. The summed E-state index contributed by atoms with van der Waals surface area (Å²) in [6.45, 7) is 6.00. The van der Waals surface area contributed by atoms with Gasteiger partial charge in [-0.15, -0.1) is 0 Å². The molecule has 3 nitrogen and oxygen atoms in total. The molecule has 0 aliphatic heterocycles. The van der Waals surface area contributed by atoms with Crippen LogP contribution in [0.5, 0.6) is 0 Å². The number of furan rings is 2. The summed E-state index contributed by atoms with van der Waals surface area (Å²) in [5, 5.41) is 4.41. The molecule has 0 amide bonds. The van der Waals surface area contributed by atoms with Gasteiger partial charge in [0.1, 0.15) is 22.3 Å². The van der Waals surface area contributed by atoms with Crippen LogP contribution in [-0.2, 0) is 0 Å². The van der Waals surface area contributed by atoms with Crippen LogP contribution in [0.4, 0.5) is 17.1 Å². The Morgan fingerprint density at radius 1 is 0.579 bits per heavy atom. The van der Waals surface area contributed by atoms with Crippen LogP contribution in [-0.4, -0.2) is 0 Å². The molecule has 3 heteroatoms. The Morgan fingerprint density at radius 3 is 1.55 bits per heavy atom. The number of para-hydroxylation sites is 2. The van der Waals surface area contributed by atoms with Gasteiger partial charge in [-0.25, -0.2) is 0 Å². The molecule has 5 aromatic carbocycles. The largest absolute Gasteiger partial charge is 0.456 e. The van der Waals surface area contributed by atoms with Crippen molar-refractivity contribution < 1.29 is 8.83 Å². The molecule has 0 saturated heterocycles. The van der Waals surface area contributed by atoms with Gasteiger partial charge in [-0.1, -0.05) is 67.3 Å². The summed E-state index contributed by atoms with van der Waals surface area (Å²) in [7, 11) is 0. The molecule has 38 heavy (non-hydrogen) atoms. The Labute approximate surface area is 220 Å². The van der Waals surface area contributed by atoms with Crippen molar-refractivity contribution in [2.75, 3.05) is 4.90 Å². The highest BCUT2D eigenvalue weighted by Crippen LogP contribution is 2.41. The molecular weight excluding hydrogens is 466 g/mol. The van der Waals surface area contributed by atoms with Crippen molar-refractivity contribution in [2.24, 2.45) is 0 Å². The lowest BCUT2D eigenvalue weighted by Crippen LogP contribution is -2.09. The molecule has 0 saturated carbocycles. The van der Waals surface area contributed by atoms with Crippen LogP contribution < -0.4 is 4.90 Å². The maximum absolute atomic E-state index is 6.11. The molecule has 0 spiro atoms. The van der Waals surface area contributed by atoms with Crippen LogP contribution in [0.1, 0.15) is 12.5 Å². The van der Waals surface area contributed by atoms with Gasteiger partial charge in [0.25, 0.3) is 0 Å². The first kappa shape index (κ1) is 22.2. The third-order valence-corrected chi connectivity index (χ3v) is 7.23. The molecule has 2 aromatic heterocycles. The molecule has 0 radical (unpaired) electrons. The molecule has 0 aliphatic rings. The molecule has 0 fully saturated rings. The highest BCUT2D eigenvalue weighted by atomic mass is 16.3. The van der Waals surface area contributed by atoms with E-state index in [0.717, 1.165) is 72.1 Å². The number of hydrogen-bond donors (Lipinski definition) is 0. The van der Waals surface area contributed by atoms with E-state index in [0.29, 0.717) is 0 Å². The quantitative estimate of drug-likeness (QED) is 0.224. The minimum atomic E-state index is 0.880. The lowest BCUT2D eigenvalue weighted by molar-refractivity contribution is 0.668. The van der Waals surface area contributed by atoms with E-state index in [4.69, 9.17) is 8.83 Å². The highest BCUT2D eigenvalue weighted by Gasteiger charge is 2.17. The summed E-state index contributed by atoms with van der Waals surface area (Å²) in [5.74, 6) is 0. The zero-order valence-electron chi connectivity index (χ0n) is 21.0. The fourth-order valence-electron chi connectivity index (χ4n) is 5.36. The SMILES string of the molecule is C=C/C(=C\C)c1ccc(N(c2ccc3oc4ccccc4c3c2)c2ccc3oc4ccccc4c3c2)cc1. The van der Waals surface area contributed by atoms with Crippen LogP contribution in [0.25, 0.3) is 49.5 Å². The fraction of sp³-hybridized carbons (Fsp3) is 0.0286. The van der Waals surface area contributed by atoms with E-state index in [1.54, 1.807) is 0 Å². The van der Waals surface area contributed by atoms with Crippen LogP contribution in [0.3, 0.4) is 0 Å². The normalized spacial score (nSPS) is 12.1. The lowest BCUT2D eigenvalue weighted by atomic mass is 10.0. The van der Waals surface area contributed by atoms with Gasteiger partial charge in [0.2, 0.25) is 0 Å². The van der Waals surface area contributed by atoms with Crippen LogP contribution in [0.15, 0.2) is 137 Å². The van der Waals surface area contributed by atoms with Crippen LogP contribution >= 0.6 is 0 Å². The third-order valence-electron chi connectivity index (χ3n) is 7.23. The molecule has 2 heterocycles. The van der Waals surface area contributed by atoms with Gasteiger partial charge in [-0.05, 0) is 78.7 Å². The van der Waals surface area contributed by atoms with Crippen molar-refractivity contribution in [3.63, 3.8) is 0 Å². The molecule has 7 aromatic rings. The second-order valence-electron chi connectivity index (χ2n) is 9.39. The summed E-state index contributed by atoms with van der Waals surface area (Å²) in [6.07, 6.45) is 3.97. The zero-order valence-corrected chi connectivity index (χ0v) is 21.0. The molecule has 0 N–H and O–H groups in total. The highest BCUT2D eigenvalue weighted by molar-refractivity contribution is 6.08. The average molecular weight is 492 g/mol. The summed E-state index contributed by atoms with van der Waals surface area (Å²) in [6, 6.07) is 37.8. The topological polar surface area (TPSA) is 29.5 Å². The molecule has 0 aliphatic carbocycles. The van der Waals surface area contributed by atoms with Gasteiger partial charge in [0.05, 0.1) is 0 Å². The van der Waals surface area contributed by atoms with Crippen LogP contribution in [0.2, 0.25) is 0 Å². The maximum atomic E-state index is 6.11. The summed E-state index contributed by atoms with van der Waals surface area (Å²) in [4.78, 5) is 2.29. The Morgan fingerprint density at radius 2 is 1.05 bits per heavy atom. The summed E-state index contributed by atoms with van der Waals surface area (Å²) < 4.78 is 12.2. The van der Waals surface area contributed by atoms with E-state index in [2.05, 4.69) is 102 Å². The number of rotatable bonds is 5. The van der Waals surface area contributed by atoms with Crippen molar-refractivity contribution in [1.82, 2.24) is 0 Å². The fourth-order valence-corrected chi connectivity index (χ4v) is 5.36. The lowest BCUT2D eigenvalue weighted by Gasteiger charge is -2.26. The van der Waals surface area contributed by atoms with Gasteiger partial charge in [-0.3, -0.25) is 0 Å². The molecule has 182 valence electrons. The Hall–Kier alpha value is -5.02. The molecule has 7 rings (SSSR count). The van der Waals surface area contributed by atoms with E-state index in [1.807, 2.05) is 37.3 Å².